The van der Waals surface area contributed by atoms with E-state index in [0.29, 0.717) is 17.4 Å². The number of fused-ring (bicyclic) bond motifs is 1. The third-order valence-electron chi connectivity index (χ3n) is 2.12. The van der Waals surface area contributed by atoms with E-state index >= 15 is 0 Å². The Bertz CT molecular complexity index is 563. The van der Waals surface area contributed by atoms with Crippen LogP contribution in [0.4, 0.5) is 0 Å². The van der Waals surface area contributed by atoms with Crippen LogP contribution < -0.4 is 0 Å². The van der Waals surface area contributed by atoms with Crippen LogP contribution in [0.1, 0.15) is 5.82 Å². The predicted molar refractivity (Wildman–Crippen MR) is 59.7 cm³/mol. The predicted octanol–water partition coefficient (Wildman–Crippen LogP) is 2.75. The Balaban J connectivity index is 2.77. The highest BCUT2D eigenvalue weighted by molar-refractivity contribution is 6.31. The number of hydrogen-bond acceptors (Lipinski definition) is 2. The molecule has 0 amide bonds. The molecule has 0 aliphatic carbocycles. The van der Waals surface area contributed by atoms with Gasteiger partial charge in [0.15, 0.2) is 0 Å². The average molecular weight is 218 g/mol. The van der Waals surface area contributed by atoms with Crippen LogP contribution in [-0.4, -0.2) is 9.55 Å². The molecule has 2 rings (SSSR count). The van der Waals surface area contributed by atoms with Gasteiger partial charge in [0, 0.05) is 11.6 Å². The molecular weight excluding hydrogens is 210 g/mol. The first-order chi connectivity index (χ1) is 7.26. The van der Waals surface area contributed by atoms with Crippen molar-refractivity contribution in [3.63, 3.8) is 0 Å². The van der Waals surface area contributed by atoms with E-state index in [1.54, 1.807) is 28.8 Å². The molecule has 3 nitrogen and oxygen atoms in total. The van der Waals surface area contributed by atoms with E-state index in [2.05, 4.69) is 17.6 Å². The normalized spacial score (nSPS) is 10.1. The number of benzene rings is 1. The lowest BCUT2D eigenvalue weighted by molar-refractivity contribution is 0.832. The van der Waals surface area contributed by atoms with Crippen molar-refractivity contribution in [3.05, 3.63) is 41.7 Å². The fourth-order valence-corrected chi connectivity index (χ4v) is 1.66. The summed E-state index contributed by atoms with van der Waals surface area (Å²) in [6.07, 6.45) is 1.73. The number of rotatable bonds is 2. The van der Waals surface area contributed by atoms with Crippen LogP contribution >= 0.6 is 11.6 Å². The summed E-state index contributed by atoms with van der Waals surface area (Å²) in [5.41, 5.74) is 1.64. The van der Waals surface area contributed by atoms with Crippen LogP contribution in [0.5, 0.6) is 0 Å². The van der Waals surface area contributed by atoms with Gasteiger partial charge in [0.25, 0.3) is 0 Å². The van der Waals surface area contributed by atoms with Gasteiger partial charge < -0.3 is 4.57 Å². The number of allylic oxidation sites excluding steroid dienone is 1. The van der Waals surface area contributed by atoms with Crippen molar-refractivity contribution in [2.45, 2.75) is 6.54 Å². The molecule has 0 saturated heterocycles. The monoisotopic (exact) mass is 217 g/mol. The van der Waals surface area contributed by atoms with Crippen molar-refractivity contribution in [2.75, 3.05) is 0 Å². The van der Waals surface area contributed by atoms with Crippen molar-refractivity contribution in [3.8, 4) is 6.07 Å². The lowest BCUT2D eigenvalue weighted by atomic mass is 10.3. The topological polar surface area (TPSA) is 41.6 Å². The molecule has 74 valence electrons. The average Bonchev–Trinajstić information content (AvgIpc) is 2.57. The van der Waals surface area contributed by atoms with Gasteiger partial charge in [-0.25, -0.2) is 4.98 Å². The first-order valence-corrected chi connectivity index (χ1v) is 4.81. The molecule has 15 heavy (non-hydrogen) atoms. The minimum Gasteiger partial charge on any atom is -0.312 e. The zero-order valence-electron chi connectivity index (χ0n) is 7.94. The number of nitriles is 1. The van der Waals surface area contributed by atoms with Gasteiger partial charge in [0.1, 0.15) is 6.07 Å². The zero-order valence-corrected chi connectivity index (χ0v) is 8.70. The van der Waals surface area contributed by atoms with E-state index in [9.17, 15) is 0 Å². The minimum absolute atomic E-state index is 0.382. The first kappa shape index (κ1) is 9.75. The Morgan fingerprint density at radius 3 is 3.07 bits per heavy atom. The van der Waals surface area contributed by atoms with Gasteiger partial charge in [0.2, 0.25) is 5.82 Å². The van der Waals surface area contributed by atoms with Crippen molar-refractivity contribution in [2.24, 2.45) is 0 Å². The highest BCUT2D eigenvalue weighted by Gasteiger charge is 2.08. The summed E-state index contributed by atoms with van der Waals surface area (Å²) >= 11 is 5.89. The van der Waals surface area contributed by atoms with Gasteiger partial charge in [-0.05, 0) is 18.2 Å². The van der Waals surface area contributed by atoms with E-state index < -0.39 is 0 Å². The molecular formula is C11H8ClN3. The van der Waals surface area contributed by atoms with Crippen molar-refractivity contribution >= 4 is 22.6 Å². The zero-order chi connectivity index (χ0) is 10.8. The Morgan fingerprint density at radius 1 is 1.60 bits per heavy atom. The van der Waals surface area contributed by atoms with Gasteiger partial charge in [-0.2, -0.15) is 5.26 Å². The molecule has 0 N–H and O–H groups in total. The molecule has 0 fully saturated rings. The van der Waals surface area contributed by atoms with E-state index in [1.165, 1.54) is 0 Å². The lowest BCUT2D eigenvalue weighted by Gasteiger charge is -2.00. The van der Waals surface area contributed by atoms with Crippen LogP contribution in [0.2, 0.25) is 5.02 Å². The highest BCUT2D eigenvalue weighted by atomic mass is 35.5. The SMILES string of the molecule is C=CCn1c(C#N)nc2ccc(Cl)cc21. The number of nitrogens with zero attached hydrogens (tertiary/aromatic N) is 3. The Hall–Kier alpha value is -1.79. The standard InChI is InChI=1S/C11H8ClN3/c1-2-5-15-10-6-8(12)3-4-9(10)14-11(15)7-13/h2-4,6H,1,5H2. The second kappa shape index (κ2) is 3.76. The van der Waals surface area contributed by atoms with Crippen LogP contribution in [0.25, 0.3) is 11.0 Å². The summed E-state index contributed by atoms with van der Waals surface area (Å²) in [5, 5.41) is 9.55. The summed E-state index contributed by atoms with van der Waals surface area (Å²) in [5.74, 6) is 0.382. The maximum atomic E-state index is 8.91. The minimum atomic E-state index is 0.382. The summed E-state index contributed by atoms with van der Waals surface area (Å²) in [7, 11) is 0. The molecule has 0 spiro atoms. The van der Waals surface area contributed by atoms with Crippen molar-refractivity contribution < 1.29 is 0 Å². The van der Waals surface area contributed by atoms with E-state index in [-0.39, 0.29) is 0 Å². The smallest absolute Gasteiger partial charge is 0.214 e. The van der Waals surface area contributed by atoms with E-state index in [4.69, 9.17) is 16.9 Å². The van der Waals surface area contributed by atoms with E-state index in [0.717, 1.165) is 11.0 Å². The molecule has 0 aliphatic rings. The molecule has 1 aromatic heterocycles. The summed E-state index contributed by atoms with van der Waals surface area (Å²) in [6, 6.07) is 7.41. The summed E-state index contributed by atoms with van der Waals surface area (Å²) in [6.45, 7) is 4.20. The third-order valence-corrected chi connectivity index (χ3v) is 2.36. The van der Waals surface area contributed by atoms with Crippen molar-refractivity contribution in [1.82, 2.24) is 9.55 Å². The van der Waals surface area contributed by atoms with Gasteiger partial charge >= 0.3 is 0 Å². The molecule has 4 heteroatoms. The number of hydrogen-bond donors (Lipinski definition) is 0. The van der Waals surface area contributed by atoms with Gasteiger partial charge in [0.05, 0.1) is 11.0 Å². The molecule has 1 aromatic carbocycles. The maximum absolute atomic E-state index is 8.91. The van der Waals surface area contributed by atoms with Crippen molar-refractivity contribution in [1.29, 1.82) is 5.26 Å². The van der Waals surface area contributed by atoms with Gasteiger partial charge in [-0.15, -0.1) is 6.58 Å². The second-order valence-electron chi connectivity index (χ2n) is 3.08. The molecule has 1 heterocycles. The Morgan fingerprint density at radius 2 is 2.40 bits per heavy atom. The Labute approximate surface area is 92.2 Å². The molecule has 2 aromatic rings. The molecule has 0 bridgehead atoms. The number of aromatic nitrogens is 2. The van der Waals surface area contributed by atoms with Crippen LogP contribution in [0.3, 0.4) is 0 Å². The fourth-order valence-electron chi connectivity index (χ4n) is 1.50. The largest absolute Gasteiger partial charge is 0.312 e. The number of halogens is 1. The fraction of sp³-hybridized carbons (Fsp3) is 0.0909. The van der Waals surface area contributed by atoms with Crippen LogP contribution in [0, 0.1) is 11.3 Å². The summed E-state index contributed by atoms with van der Waals surface area (Å²) < 4.78 is 1.79. The third kappa shape index (κ3) is 1.60. The van der Waals surface area contributed by atoms with Crippen LogP contribution in [-0.2, 0) is 6.54 Å². The second-order valence-corrected chi connectivity index (χ2v) is 3.52. The molecule has 0 radical (unpaired) electrons. The Kier molecular flexibility index (Phi) is 2.44. The number of imidazole rings is 1. The maximum Gasteiger partial charge on any atom is 0.214 e. The van der Waals surface area contributed by atoms with Gasteiger partial charge in [-0.1, -0.05) is 17.7 Å². The first-order valence-electron chi connectivity index (χ1n) is 4.43. The quantitative estimate of drug-likeness (QED) is 0.726. The van der Waals surface area contributed by atoms with Gasteiger partial charge in [-0.3, -0.25) is 0 Å². The molecule has 0 saturated carbocycles. The lowest BCUT2D eigenvalue weighted by Crippen LogP contribution is -1.98. The van der Waals surface area contributed by atoms with E-state index in [1.807, 2.05) is 0 Å². The molecule has 0 unspecified atom stereocenters. The van der Waals surface area contributed by atoms with Crippen LogP contribution in [0.15, 0.2) is 30.9 Å². The molecule has 0 atom stereocenters. The molecule has 0 aliphatic heterocycles. The summed E-state index contributed by atoms with van der Waals surface area (Å²) in [4.78, 5) is 4.19. The highest BCUT2D eigenvalue weighted by Crippen LogP contribution is 2.20.